The molecule has 0 spiro atoms. The smallest absolute Gasteiger partial charge is 0.319 e. The van der Waals surface area contributed by atoms with Gasteiger partial charge in [-0.1, -0.05) is 13.0 Å². The van der Waals surface area contributed by atoms with E-state index in [1.807, 2.05) is 13.8 Å². The summed E-state index contributed by atoms with van der Waals surface area (Å²) in [5, 5.41) is 19.4. The molecule has 1 saturated carbocycles. The van der Waals surface area contributed by atoms with Gasteiger partial charge in [0.15, 0.2) is 5.82 Å². The maximum atomic E-state index is 16.8. The van der Waals surface area contributed by atoms with E-state index in [0.29, 0.717) is 48.7 Å². The summed E-state index contributed by atoms with van der Waals surface area (Å²) in [4.78, 5) is 28.6. The molecule has 8 rings (SSSR count). The van der Waals surface area contributed by atoms with Crippen LogP contribution < -0.4 is 10.1 Å². The molecule has 3 aromatic heterocycles. The van der Waals surface area contributed by atoms with E-state index in [1.54, 1.807) is 18.3 Å². The maximum absolute atomic E-state index is 16.8. The van der Waals surface area contributed by atoms with Gasteiger partial charge in [-0.15, -0.1) is 0 Å². The zero-order valence-electron chi connectivity index (χ0n) is 27.2. The molecule has 2 aliphatic heterocycles. The number of aryl methyl sites for hydroxylation is 2. The summed E-state index contributed by atoms with van der Waals surface area (Å²) in [6.45, 7) is 5.30. The Labute approximate surface area is 280 Å². The molecule has 1 aliphatic carbocycles. The normalized spacial score (nSPS) is 23.3. The zero-order chi connectivity index (χ0) is 34.0. The van der Waals surface area contributed by atoms with Crippen molar-refractivity contribution in [1.29, 1.82) is 0 Å². The Morgan fingerprint density at radius 1 is 1.20 bits per heavy atom. The van der Waals surface area contributed by atoms with Crippen LogP contribution in [0.25, 0.3) is 32.9 Å². The van der Waals surface area contributed by atoms with Gasteiger partial charge in [-0.25, -0.2) is 17.9 Å². The summed E-state index contributed by atoms with van der Waals surface area (Å²) in [6.07, 6.45) is 5.23. The van der Waals surface area contributed by atoms with E-state index in [2.05, 4.69) is 30.3 Å². The van der Waals surface area contributed by atoms with Crippen LogP contribution in [-0.2, 0) is 6.42 Å². The predicted octanol–water partition coefficient (Wildman–Crippen LogP) is 6.24. The molecule has 0 radical (unpaired) electrons. The topological polar surface area (TPSA) is 118 Å². The standard InChI is InChI=1S/C36H36F3N7O3/c1-3-24-28(38)6-5-20-11-23(47)13-26(29(20)24)31-30(39)32-27(16-40-31)33(41-15-21-12-25(21)34(48)46-10-7-19(2)44-46)43-35(42-32)49-18-36-8-4-9-45(36)17-22(37)14-36/h5-7,10-11,13,16,21-22,25,47H,3-4,8-9,12,14-15,17-18H2,1-2H3,(H,41,42,43)/t21-,22+,25-,36-/m0/s1. The molecule has 2 N–H and O–H groups in total. The van der Waals surface area contributed by atoms with Crippen LogP contribution in [0.5, 0.6) is 11.8 Å². The van der Waals surface area contributed by atoms with Gasteiger partial charge in [-0.05, 0) is 85.7 Å². The molecular weight excluding hydrogens is 635 g/mol. The first-order valence-electron chi connectivity index (χ1n) is 16.8. The molecule has 2 aromatic carbocycles. The third kappa shape index (κ3) is 5.53. The number of pyridine rings is 1. The highest BCUT2D eigenvalue weighted by Crippen LogP contribution is 2.43. The van der Waals surface area contributed by atoms with Crippen LogP contribution in [0.4, 0.5) is 19.0 Å². The number of hydrogen-bond acceptors (Lipinski definition) is 9. The Hall–Kier alpha value is -4.78. The highest BCUT2D eigenvalue weighted by atomic mass is 19.1. The van der Waals surface area contributed by atoms with Crippen LogP contribution in [0, 0.1) is 30.4 Å². The van der Waals surface area contributed by atoms with Crippen LogP contribution in [0.3, 0.4) is 0 Å². The minimum absolute atomic E-state index is 0.00963. The van der Waals surface area contributed by atoms with Crippen molar-refractivity contribution < 1.29 is 27.8 Å². The number of carbonyl (C=O) groups is 1. The number of benzene rings is 2. The predicted molar refractivity (Wildman–Crippen MR) is 177 cm³/mol. The molecule has 49 heavy (non-hydrogen) atoms. The third-order valence-electron chi connectivity index (χ3n) is 10.4. The lowest BCUT2D eigenvalue weighted by Crippen LogP contribution is -2.43. The number of nitrogens with zero attached hydrogens (tertiary/aromatic N) is 6. The van der Waals surface area contributed by atoms with Crippen molar-refractivity contribution in [3.8, 4) is 23.0 Å². The average molecular weight is 672 g/mol. The van der Waals surface area contributed by atoms with Crippen molar-refractivity contribution in [2.75, 3.05) is 31.6 Å². The van der Waals surface area contributed by atoms with Gasteiger partial charge < -0.3 is 15.2 Å². The Morgan fingerprint density at radius 3 is 2.86 bits per heavy atom. The second kappa shape index (κ2) is 12.0. The van der Waals surface area contributed by atoms with Gasteiger partial charge in [-0.2, -0.15) is 15.1 Å². The van der Waals surface area contributed by atoms with Crippen molar-refractivity contribution in [3.05, 3.63) is 65.6 Å². The van der Waals surface area contributed by atoms with Gasteiger partial charge in [0.05, 0.1) is 16.6 Å². The van der Waals surface area contributed by atoms with Gasteiger partial charge in [0.1, 0.15) is 41.4 Å². The molecule has 5 aromatic rings. The minimum atomic E-state index is -0.945. The molecule has 13 heteroatoms. The molecule has 0 unspecified atom stereocenters. The Kier molecular flexibility index (Phi) is 7.69. The Bertz CT molecular complexity index is 2120. The number of halogens is 3. The first kappa shape index (κ1) is 31.5. The number of anilines is 1. The molecule has 5 heterocycles. The number of rotatable bonds is 9. The molecule has 254 valence electrons. The summed E-state index contributed by atoms with van der Waals surface area (Å²) < 4.78 is 53.7. The van der Waals surface area contributed by atoms with Crippen LogP contribution in [0.2, 0.25) is 0 Å². The number of aromatic hydroxyl groups is 1. The van der Waals surface area contributed by atoms with E-state index in [4.69, 9.17) is 4.74 Å². The number of fused-ring (bicyclic) bond motifs is 3. The number of nitrogens with one attached hydrogen (secondary N) is 1. The summed E-state index contributed by atoms with van der Waals surface area (Å²) in [7, 11) is 0. The van der Waals surface area contributed by atoms with Crippen LogP contribution >= 0.6 is 0 Å². The van der Waals surface area contributed by atoms with E-state index in [-0.39, 0.29) is 64.1 Å². The number of phenols is 1. The third-order valence-corrected chi connectivity index (χ3v) is 10.4. The first-order valence-corrected chi connectivity index (χ1v) is 16.8. The van der Waals surface area contributed by atoms with Crippen molar-refractivity contribution >= 4 is 33.4 Å². The molecular formula is C36H36F3N7O3. The van der Waals surface area contributed by atoms with Gasteiger partial charge >= 0.3 is 6.01 Å². The molecule has 10 nitrogen and oxygen atoms in total. The quantitative estimate of drug-likeness (QED) is 0.188. The second-order valence-corrected chi connectivity index (χ2v) is 13.6. The van der Waals surface area contributed by atoms with Crippen molar-refractivity contribution in [3.63, 3.8) is 0 Å². The zero-order valence-corrected chi connectivity index (χ0v) is 27.2. The maximum Gasteiger partial charge on any atom is 0.319 e. The SMILES string of the molecule is CCc1c(F)ccc2cc(O)cc(-c3ncc4c(NC[C@@H]5C[C@@H]5C(=O)n5ccc(C)n5)nc(OC[C@@]56CCCN5C[C@H](F)C6)nc4c3F)c12. The average Bonchev–Trinajstić information content (AvgIpc) is 3.37. The van der Waals surface area contributed by atoms with Crippen molar-refractivity contribution in [2.24, 2.45) is 11.8 Å². The number of ether oxygens (including phenoxy) is 1. The molecule has 3 fully saturated rings. The Balaban J connectivity index is 1.17. The van der Waals surface area contributed by atoms with Crippen LogP contribution in [0.1, 0.15) is 48.7 Å². The van der Waals surface area contributed by atoms with E-state index < -0.39 is 23.3 Å². The lowest BCUT2D eigenvalue weighted by molar-refractivity contribution is 0.0863. The van der Waals surface area contributed by atoms with Gasteiger partial charge in [0, 0.05) is 43.4 Å². The van der Waals surface area contributed by atoms with Gasteiger partial charge in [-0.3, -0.25) is 14.7 Å². The lowest BCUT2D eigenvalue weighted by atomic mass is 9.94. The largest absolute Gasteiger partial charge is 0.508 e. The number of phenolic OH excluding ortho intramolecular Hbond substituents is 1. The second-order valence-electron chi connectivity index (χ2n) is 13.6. The van der Waals surface area contributed by atoms with Gasteiger partial charge in [0.2, 0.25) is 5.91 Å². The highest BCUT2D eigenvalue weighted by Gasteiger charge is 2.49. The van der Waals surface area contributed by atoms with E-state index in [9.17, 15) is 18.7 Å². The molecule has 0 bridgehead atoms. The van der Waals surface area contributed by atoms with Crippen LogP contribution in [0.15, 0.2) is 42.7 Å². The summed E-state index contributed by atoms with van der Waals surface area (Å²) in [5.41, 5.74) is 0.714. The van der Waals surface area contributed by atoms with Crippen molar-refractivity contribution in [1.82, 2.24) is 29.6 Å². The van der Waals surface area contributed by atoms with E-state index >= 15 is 4.39 Å². The minimum Gasteiger partial charge on any atom is -0.508 e. The van der Waals surface area contributed by atoms with E-state index in [0.717, 1.165) is 25.1 Å². The summed E-state index contributed by atoms with van der Waals surface area (Å²) >= 11 is 0. The van der Waals surface area contributed by atoms with E-state index in [1.165, 1.54) is 29.1 Å². The highest BCUT2D eigenvalue weighted by molar-refractivity contribution is 6.01. The van der Waals surface area contributed by atoms with Crippen molar-refractivity contribution in [2.45, 2.75) is 57.7 Å². The summed E-state index contributed by atoms with van der Waals surface area (Å²) in [5.74, 6) is -1.35. The fourth-order valence-corrected chi connectivity index (χ4v) is 7.81. The monoisotopic (exact) mass is 671 g/mol. The number of carbonyl (C=O) groups excluding carboxylic acids is 1. The molecule has 0 amide bonds. The fraction of sp³-hybridized carbons (Fsp3) is 0.417. The first-order chi connectivity index (χ1) is 23.6. The lowest BCUT2D eigenvalue weighted by Gasteiger charge is -2.30. The molecule has 2 saturated heterocycles. The molecule has 4 atom stereocenters. The number of alkyl halides is 1. The van der Waals surface area contributed by atoms with Crippen LogP contribution in [-0.4, -0.2) is 78.6 Å². The number of hydrogen-bond donors (Lipinski definition) is 2. The summed E-state index contributed by atoms with van der Waals surface area (Å²) in [6, 6.07) is 7.46. The number of aromatic nitrogens is 5. The molecule has 3 aliphatic rings. The van der Waals surface area contributed by atoms with Gasteiger partial charge in [0.25, 0.3) is 0 Å². The fourth-order valence-electron chi connectivity index (χ4n) is 7.81. The Morgan fingerprint density at radius 2 is 2.06 bits per heavy atom.